The number of aromatic nitrogens is 3. The van der Waals surface area contributed by atoms with Gasteiger partial charge in [-0.25, -0.2) is 4.98 Å². The minimum Gasteiger partial charge on any atom is -0.393 e. The molecule has 3 heterocycles. The molecule has 0 spiro atoms. The third-order valence-corrected chi connectivity index (χ3v) is 4.67. The summed E-state index contributed by atoms with van der Waals surface area (Å²) in [7, 11) is 0. The summed E-state index contributed by atoms with van der Waals surface area (Å²) in [5.74, 6) is 1.57. The molecule has 0 amide bonds. The highest BCUT2D eigenvalue weighted by Gasteiger charge is 2.19. The number of pyridine rings is 1. The first-order valence-corrected chi connectivity index (χ1v) is 9.18. The molecule has 1 unspecified atom stereocenters. The Morgan fingerprint density at radius 3 is 2.84 bits per heavy atom. The Labute approximate surface area is 149 Å². The van der Waals surface area contributed by atoms with Gasteiger partial charge >= 0.3 is 0 Å². The maximum atomic E-state index is 9.68. The van der Waals surface area contributed by atoms with Crippen LogP contribution in [0.3, 0.4) is 0 Å². The normalized spacial score (nSPS) is 16.6. The molecule has 1 saturated heterocycles. The van der Waals surface area contributed by atoms with Gasteiger partial charge in [0.15, 0.2) is 0 Å². The summed E-state index contributed by atoms with van der Waals surface area (Å²) in [5.41, 5.74) is 1.16. The van der Waals surface area contributed by atoms with Crippen LogP contribution in [0, 0.1) is 0 Å². The van der Waals surface area contributed by atoms with E-state index in [1.807, 2.05) is 18.3 Å². The van der Waals surface area contributed by atoms with Gasteiger partial charge in [-0.05, 0) is 37.0 Å². The summed E-state index contributed by atoms with van der Waals surface area (Å²) in [6.07, 6.45) is 10.2. The van der Waals surface area contributed by atoms with Gasteiger partial charge in [-0.15, -0.1) is 0 Å². The minimum absolute atomic E-state index is 0.159. The van der Waals surface area contributed by atoms with Crippen molar-refractivity contribution < 1.29 is 5.11 Å². The molecule has 1 atom stereocenters. The van der Waals surface area contributed by atoms with Gasteiger partial charge in [0.25, 0.3) is 0 Å². The molecule has 0 aliphatic carbocycles. The minimum atomic E-state index is -0.181. The van der Waals surface area contributed by atoms with Crippen molar-refractivity contribution in [3.63, 3.8) is 0 Å². The van der Waals surface area contributed by atoms with Gasteiger partial charge in [0.05, 0.1) is 12.1 Å². The van der Waals surface area contributed by atoms with Crippen LogP contribution in [-0.2, 0) is 0 Å². The second-order valence-electron chi connectivity index (χ2n) is 6.58. The van der Waals surface area contributed by atoms with E-state index < -0.39 is 0 Å². The smallest absolute Gasteiger partial charge is 0.225 e. The molecule has 2 aromatic rings. The van der Waals surface area contributed by atoms with E-state index in [9.17, 15) is 5.11 Å². The summed E-state index contributed by atoms with van der Waals surface area (Å²) in [6, 6.07) is 6.16. The molecule has 25 heavy (non-hydrogen) atoms. The second-order valence-corrected chi connectivity index (χ2v) is 6.58. The molecule has 1 aliphatic rings. The first-order valence-electron chi connectivity index (χ1n) is 9.18. The lowest BCUT2D eigenvalue weighted by Crippen LogP contribution is -2.36. The fraction of sp³-hybridized carbons (Fsp3) is 0.526. The first kappa shape index (κ1) is 17.6. The predicted molar refractivity (Wildman–Crippen MR) is 99.6 cm³/mol. The number of nitrogens with zero attached hydrogens (tertiary/aromatic N) is 4. The number of unbranched alkanes of at least 4 members (excludes halogenated alkanes) is 1. The van der Waals surface area contributed by atoms with Crippen LogP contribution in [0.2, 0.25) is 0 Å². The average molecular weight is 341 g/mol. The molecule has 0 bridgehead atoms. The Balaban J connectivity index is 1.72. The summed E-state index contributed by atoms with van der Waals surface area (Å²) >= 11 is 0. The molecule has 134 valence electrons. The summed E-state index contributed by atoms with van der Waals surface area (Å²) in [6.45, 7) is 3.86. The topological polar surface area (TPSA) is 74.2 Å². The van der Waals surface area contributed by atoms with Crippen LogP contribution in [0.1, 0.15) is 50.6 Å². The Morgan fingerprint density at radius 2 is 2.12 bits per heavy atom. The number of aliphatic hydroxyl groups excluding tert-OH is 1. The van der Waals surface area contributed by atoms with E-state index in [1.54, 1.807) is 12.4 Å². The molecule has 0 radical (unpaired) electrons. The Bertz CT molecular complexity index is 643. The summed E-state index contributed by atoms with van der Waals surface area (Å²) < 4.78 is 0. The zero-order chi connectivity index (χ0) is 17.5. The summed E-state index contributed by atoms with van der Waals surface area (Å²) in [5, 5.41) is 13.2. The van der Waals surface area contributed by atoms with Crippen molar-refractivity contribution in [2.24, 2.45) is 0 Å². The van der Waals surface area contributed by atoms with Crippen molar-refractivity contribution in [2.75, 3.05) is 23.3 Å². The highest BCUT2D eigenvalue weighted by Crippen LogP contribution is 2.24. The molecule has 2 N–H and O–H groups in total. The highest BCUT2D eigenvalue weighted by molar-refractivity contribution is 5.43. The largest absolute Gasteiger partial charge is 0.393 e. The van der Waals surface area contributed by atoms with Crippen LogP contribution < -0.4 is 10.2 Å². The number of aliphatic hydroxyl groups is 1. The Morgan fingerprint density at radius 1 is 1.28 bits per heavy atom. The van der Waals surface area contributed by atoms with Gasteiger partial charge in [-0.2, -0.15) is 4.98 Å². The molecule has 0 saturated carbocycles. The average Bonchev–Trinajstić information content (AvgIpc) is 2.66. The lowest BCUT2D eigenvalue weighted by atomic mass is 10.0. The standard InChI is InChI=1S/C19H27N5O/c1-2-3-6-17(15-5-4-10-20-14-15)22-19-21-11-7-18(23-19)24-12-8-16(25)9-13-24/h4-5,7,10-11,14,16-17,25H,2-3,6,8-9,12-13H2,1H3,(H,21,22,23). The predicted octanol–water partition coefficient (Wildman–Crippen LogP) is 3.18. The maximum Gasteiger partial charge on any atom is 0.225 e. The van der Waals surface area contributed by atoms with Gasteiger partial charge in [0, 0.05) is 31.7 Å². The molecule has 3 rings (SSSR count). The maximum absolute atomic E-state index is 9.68. The van der Waals surface area contributed by atoms with Crippen LogP contribution in [0.4, 0.5) is 11.8 Å². The fourth-order valence-corrected chi connectivity index (χ4v) is 3.16. The van der Waals surface area contributed by atoms with E-state index >= 15 is 0 Å². The lowest BCUT2D eigenvalue weighted by Gasteiger charge is -2.30. The Kier molecular flexibility index (Phi) is 6.17. The number of hydrogen-bond acceptors (Lipinski definition) is 6. The fourth-order valence-electron chi connectivity index (χ4n) is 3.16. The lowest BCUT2D eigenvalue weighted by molar-refractivity contribution is 0.145. The molecule has 1 aliphatic heterocycles. The van der Waals surface area contributed by atoms with Crippen LogP contribution in [0.15, 0.2) is 36.8 Å². The zero-order valence-electron chi connectivity index (χ0n) is 14.8. The van der Waals surface area contributed by atoms with E-state index in [2.05, 4.69) is 33.2 Å². The molecule has 1 fully saturated rings. The van der Waals surface area contributed by atoms with Crippen molar-refractivity contribution in [3.8, 4) is 0 Å². The third-order valence-electron chi connectivity index (χ3n) is 4.67. The van der Waals surface area contributed by atoms with Crippen molar-refractivity contribution in [1.82, 2.24) is 15.0 Å². The number of piperidine rings is 1. The van der Waals surface area contributed by atoms with Crippen molar-refractivity contribution in [3.05, 3.63) is 42.4 Å². The third kappa shape index (κ3) is 4.89. The molecule has 6 nitrogen and oxygen atoms in total. The van der Waals surface area contributed by atoms with Crippen LogP contribution >= 0.6 is 0 Å². The quantitative estimate of drug-likeness (QED) is 0.806. The van der Waals surface area contributed by atoms with Gasteiger partial charge < -0.3 is 15.3 Å². The van der Waals surface area contributed by atoms with Gasteiger partial charge in [0.1, 0.15) is 5.82 Å². The van der Waals surface area contributed by atoms with Crippen LogP contribution in [0.5, 0.6) is 0 Å². The van der Waals surface area contributed by atoms with Gasteiger partial charge in [0.2, 0.25) is 5.95 Å². The number of rotatable bonds is 7. The van der Waals surface area contributed by atoms with Gasteiger partial charge in [-0.3, -0.25) is 4.98 Å². The SMILES string of the molecule is CCCCC(Nc1nccc(N2CCC(O)CC2)n1)c1cccnc1. The number of anilines is 2. The summed E-state index contributed by atoms with van der Waals surface area (Å²) in [4.78, 5) is 15.6. The van der Waals surface area contributed by atoms with E-state index in [4.69, 9.17) is 4.98 Å². The molecule has 6 heteroatoms. The molecular formula is C19H27N5O. The number of nitrogens with one attached hydrogen (secondary N) is 1. The Hall–Kier alpha value is -2.21. The van der Waals surface area contributed by atoms with E-state index in [0.717, 1.165) is 56.6 Å². The van der Waals surface area contributed by atoms with E-state index in [-0.39, 0.29) is 12.1 Å². The van der Waals surface area contributed by atoms with E-state index in [0.29, 0.717) is 5.95 Å². The molecular weight excluding hydrogens is 314 g/mol. The van der Waals surface area contributed by atoms with Crippen molar-refractivity contribution in [2.45, 2.75) is 51.2 Å². The van der Waals surface area contributed by atoms with Crippen LogP contribution in [0.25, 0.3) is 0 Å². The zero-order valence-corrected chi connectivity index (χ0v) is 14.8. The molecule has 2 aromatic heterocycles. The molecule has 0 aromatic carbocycles. The van der Waals surface area contributed by atoms with E-state index in [1.165, 1.54) is 0 Å². The van der Waals surface area contributed by atoms with Gasteiger partial charge in [-0.1, -0.05) is 25.8 Å². The monoisotopic (exact) mass is 341 g/mol. The number of hydrogen-bond donors (Lipinski definition) is 2. The van der Waals surface area contributed by atoms with Crippen molar-refractivity contribution >= 4 is 11.8 Å². The van der Waals surface area contributed by atoms with Crippen LogP contribution in [-0.4, -0.2) is 39.3 Å². The highest BCUT2D eigenvalue weighted by atomic mass is 16.3. The van der Waals surface area contributed by atoms with Crippen molar-refractivity contribution in [1.29, 1.82) is 0 Å². The first-order chi connectivity index (χ1) is 12.3. The second kappa shape index (κ2) is 8.76.